The van der Waals surface area contributed by atoms with Crippen molar-refractivity contribution in [2.45, 2.75) is 26.8 Å². The van der Waals surface area contributed by atoms with E-state index in [1.165, 1.54) is 5.52 Å². The minimum atomic E-state index is 0.691. The first-order valence-corrected chi connectivity index (χ1v) is 8.08. The van der Waals surface area contributed by atoms with E-state index in [1.807, 2.05) is 12.1 Å². The quantitative estimate of drug-likeness (QED) is 0.747. The lowest BCUT2D eigenvalue weighted by atomic mass is 10.2. The number of nitrogens with two attached hydrogens (primary N) is 1. The molecule has 0 spiro atoms. The number of nitrogens with one attached hydrogen (secondary N) is 1. The second-order valence-electron chi connectivity index (χ2n) is 5.28. The van der Waals surface area contributed by atoms with Crippen LogP contribution in [0.15, 0.2) is 36.5 Å². The predicted octanol–water partition coefficient (Wildman–Crippen LogP) is 2.65. The molecular weight excluding hydrogens is 274 g/mol. The molecule has 0 saturated carbocycles. The van der Waals surface area contributed by atoms with E-state index in [9.17, 15) is 0 Å². The zero-order chi connectivity index (χ0) is 15.8. The Labute approximate surface area is 132 Å². The van der Waals surface area contributed by atoms with Gasteiger partial charge in [0.15, 0.2) is 5.82 Å². The Bertz CT molecular complexity index is 598. The molecule has 0 aliphatic carbocycles. The average molecular weight is 301 g/mol. The van der Waals surface area contributed by atoms with Crippen LogP contribution in [0.4, 0.5) is 5.82 Å². The van der Waals surface area contributed by atoms with E-state index >= 15 is 0 Å². The molecule has 0 unspecified atom stereocenters. The van der Waals surface area contributed by atoms with E-state index < -0.39 is 0 Å². The molecule has 0 radical (unpaired) electrons. The van der Waals surface area contributed by atoms with Crippen LogP contribution < -0.4 is 11.1 Å². The number of rotatable bonds is 9. The number of para-hydroxylation sites is 1. The third kappa shape index (κ3) is 4.01. The minimum absolute atomic E-state index is 0.691. The molecule has 2 rings (SSSR count). The number of aromatic nitrogens is 2. The molecule has 3 N–H and O–H groups in total. The molecular formula is C17H27N5. The molecule has 0 amide bonds. The fourth-order valence-electron chi connectivity index (χ4n) is 2.64. The number of nitrogens with zero attached hydrogens (tertiary/aromatic N) is 3. The lowest BCUT2D eigenvalue weighted by Crippen LogP contribution is -2.25. The average Bonchev–Trinajstić information content (AvgIpc) is 2.90. The van der Waals surface area contributed by atoms with Crippen LogP contribution in [0.25, 0.3) is 10.9 Å². The first-order valence-electron chi connectivity index (χ1n) is 8.08. The summed E-state index contributed by atoms with van der Waals surface area (Å²) in [5.74, 6) is 0.927. The van der Waals surface area contributed by atoms with Gasteiger partial charge >= 0.3 is 0 Å². The summed E-state index contributed by atoms with van der Waals surface area (Å²) in [7, 11) is 0. The van der Waals surface area contributed by atoms with Crippen molar-refractivity contribution in [3.05, 3.63) is 36.5 Å². The maximum absolute atomic E-state index is 5.38. The van der Waals surface area contributed by atoms with Crippen molar-refractivity contribution in [3.63, 3.8) is 0 Å². The monoisotopic (exact) mass is 301 g/mol. The highest BCUT2D eigenvalue weighted by atomic mass is 15.3. The van der Waals surface area contributed by atoms with Crippen molar-refractivity contribution in [1.82, 2.24) is 14.7 Å². The summed E-state index contributed by atoms with van der Waals surface area (Å²) >= 11 is 0. The van der Waals surface area contributed by atoms with Gasteiger partial charge in [-0.1, -0.05) is 26.0 Å². The van der Waals surface area contributed by atoms with Crippen LogP contribution in [0.3, 0.4) is 0 Å². The third-order valence-electron chi connectivity index (χ3n) is 3.92. The van der Waals surface area contributed by atoms with Crippen molar-refractivity contribution in [3.8, 4) is 0 Å². The van der Waals surface area contributed by atoms with Crippen LogP contribution in [0, 0.1) is 0 Å². The molecule has 1 aromatic carbocycles. The van der Waals surface area contributed by atoms with Gasteiger partial charge in [0.05, 0.1) is 5.52 Å². The van der Waals surface area contributed by atoms with E-state index in [2.05, 4.69) is 46.9 Å². The summed E-state index contributed by atoms with van der Waals surface area (Å²) < 4.78 is 2.10. The van der Waals surface area contributed by atoms with Crippen molar-refractivity contribution >= 4 is 16.7 Å². The van der Waals surface area contributed by atoms with Gasteiger partial charge in [0.2, 0.25) is 0 Å². The summed E-state index contributed by atoms with van der Waals surface area (Å²) in [6.07, 6.45) is 4.54. The van der Waals surface area contributed by atoms with Gasteiger partial charge < -0.3 is 16.0 Å². The molecule has 5 heteroatoms. The van der Waals surface area contributed by atoms with Crippen LogP contribution in [-0.4, -0.2) is 40.9 Å². The highest BCUT2D eigenvalue weighted by molar-refractivity contribution is 5.90. The zero-order valence-electron chi connectivity index (χ0n) is 13.6. The van der Waals surface area contributed by atoms with Gasteiger partial charge in [-0.25, -0.2) is 0 Å². The van der Waals surface area contributed by atoms with E-state index in [0.29, 0.717) is 6.54 Å². The lowest BCUT2D eigenvalue weighted by molar-refractivity contribution is 0.292. The lowest BCUT2D eigenvalue weighted by Gasteiger charge is -2.17. The van der Waals surface area contributed by atoms with Crippen LogP contribution >= 0.6 is 0 Å². The number of fused-ring (bicyclic) bond motifs is 1. The molecule has 1 heterocycles. The third-order valence-corrected chi connectivity index (χ3v) is 3.92. The van der Waals surface area contributed by atoms with Crippen molar-refractivity contribution in [2.75, 3.05) is 31.5 Å². The highest BCUT2D eigenvalue weighted by Gasteiger charge is 2.09. The smallest absolute Gasteiger partial charge is 0.156 e. The molecule has 0 atom stereocenters. The van der Waals surface area contributed by atoms with Crippen molar-refractivity contribution in [1.29, 1.82) is 0 Å². The fraction of sp³-hybridized carbons (Fsp3) is 0.471. The van der Waals surface area contributed by atoms with Crippen molar-refractivity contribution < 1.29 is 0 Å². The maximum atomic E-state index is 5.38. The number of aryl methyl sites for hydroxylation is 1. The number of hydrogen-bond donors (Lipinski definition) is 2. The summed E-state index contributed by atoms with van der Waals surface area (Å²) in [4.78, 5) is 2.44. The van der Waals surface area contributed by atoms with Crippen LogP contribution in [-0.2, 0) is 6.54 Å². The summed E-state index contributed by atoms with van der Waals surface area (Å²) in [6.45, 7) is 9.37. The largest absolute Gasteiger partial charge is 0.405 e. The van der Waals surface area contributed by atoms with Gasteiger partial charge in [0, 0.05) is 18.5 Å². The normalized spacial score (nSPS) is 11.8. The van der Waals surface area contributed by atoms with Crippen LogP contribution in [0.1, 0.15) is 20.3 Å². The Balaban J connectivity index is 2.08. The van der Waals surface area contributed by atoms with Crippen LogP contribution in [0.5, 0.6) is 0 Å². The Morgan fingerprint density at radius 3 is 2.77 bits per heavy atom. The first-order chi connectivity index (χ1) is 10.8. The second kappa shape index (κ2) is 8.44. The molecule has 0 bridgehead atoms. The molecule has 22 heavy (non-hydrogen) atoms. The fourth-order valence-corrected chi connectivity index (χ4v) is 2.64. The number of anilines is 1. The summed E-state index contributed by atoms with van der Waals surface area (Å²) in [6, 6.07) is 8.35. The van der Waals surface area contributed by atoms with E-state index in [1.54, 1.807) is 6.20 Å². The van der Waals surface area contributed by atoms with E-state index in [0.717, 1.165) is 43.8 Å². The Morgan fingerprint density at radius 2 is 2.05 bits per heavy atom. The Morgan fingerprint density at radius 1 is 1.27 bits per heavy atom. The zero-order valence-corrected chi connectivity index (χ0v) is 13.6. The van der Waals surface area contributed by atoms with Gasteiger partial charge in [-0.15, -0.1) is 0 Å². The van der Waals surface area contributed by atoms with Gasteiger partial charge in [-0.3, -0.25) is 4.68 Å². The van der Waals surface area contributed by atoms with Gasteiger partial charge in [0.1, 0.15) is 0 Å². The molecule has 0 aliphatic rings. The Hall–Kier alpha value is -2.01. The Kier molecular flexibility index (Phi) is 6.27. The predicted molar refractivity (Wildman–Crippen MR) is 94.0 cm³/mol. The summed E-state index contributed by atoms with van der Waals surface area (Å²) in [5, 5.41) is 9.21. The summed E-state index contributed by atoms with van der Waals surface area (Å²) in [5.41, 5.74) is 6.56. The van der Waals surface area contributed by atoms with Gasteiger partial charge in [0.25, 0.3) is 0 Å². The standard InChI is InChI=1S/C17H27N5/c1-3-21(4-2)13-8-14-22-16-10-6-5-9-15(16)17(20-22)19-12-7-11-18/h5-7,9-11H,3-4,8,12-14,18H2,1-2H3,(H,19,20). The van der Waals surface area contributed by atoms with Crippen LogP contribution in [0.2, 0.25) is 0 Å². The molecule has 1 aromatic heterocycles. The number of hydrogen-bond acceptors (Lipinski definition) is 4. The molecule has 5 nitrogen and oxygen atoms in total. The number of benzene rings is 1. The van der Waals surface area contributed by atoms with E-state index in [-0.39, 0.29) is 0 Å². The molecule has 0 saturated heterocycles. The first kappa shape index (κ1) is 16.4. The topological polar surface area (TPSA) is 59.1 Å². The molecule has 120 valence electrons. The molecule has 2 aromatic rings. The van der Waals surface area contributed by atoms with Crippen molar-refractivity contribution in [2.24, 2.45) is 5.73 Å². The minimum Gasteiger partial charge on any atom is -0.405 e. The van der Waals surface area contributed by atoms with E-state index in [4.69, 9.17) is 10.8 Å². The highest BCUT2D eigenvalue weighted by Crippen LogP contribution is 2.22. The second-order valence-corrected chi connectivity index (χ2v) is 5.28. The maximum Gasteiger partial charge on any atom is 0.156 e. The molecule has 0 aliphatic heterocycles. The van der Waals surface area contributed by atoms with Gasteiger partial charge in [-0.2, -0.15) is 5.10 Å². The SMILES string of the molecule is CCN(CC)CCCn1nc(NCC=CN)c2ccccc21. The molecule has 0 fully saturated rings. The van der Waals surface area contributed by atoms with Gasteiger partial charge in [-0.05, 0) is 50.5 Å².